The first-order chi connectivity index (χ1) is 13.1. The Morgan fingerprint density at radius 3 is 2.26 bits per heavy atom. The molecule has 1 fully saturated rings. The highest BCUT2D eigenvalue weighted by Crippen LogP contribution is 2.15. The number of hydrogen-bond donors (Lipinski definition) is 1. The lowest BCUT2D eigenvalue weighted by molar-refractivity contribution is -0.121. The number of aryl methyl sites for hydroxylation is 1. The van der Waals surface area contributed by atoms with Crippen molar-refractivity contribution in [2.24, 2.45) is 0 Å². The van der Waals surface area contributed by atoms with E-state index in [1.165, 1.54) is 11.1 Å². The third-order valence-corrected chi connectivity index (χ3v) is 4.90. The predicted molar refractivity (Wildman–Crippen MR) is 108 cm³/mol. The molecule has 2 atom stereocenters. The fourth-order valence-corrected chi connectivity index (χ4v) is 3.63. The number of benzene rings is 2. The van der Waals surface area contributed by atoms with Gasteiger partial charge < -0.3 is 10.1 Å². The van der Waals surface area contributed by atoms with E-state index in [-0.39, 0.29) is 5.91 Å². The molecule has 4 heteroatoms. The van der Waals surface area contributed by atoms with Crippen molar-refractivity contribution in [3.05, 3.63) is 71.3 Å². The molecule has 0 bridgehead atoms. The molecule has 0 aromatic heterocycles. The summed E-state index contributed by atoms with van der Waals surface area (Å²) in [6, 6.07) is 18.7. The largest absolute Gasteiger partial charge is 0.373 e. The first-order valence-corrected chi connectivity index (χ1v) is 9.85. The second kappa shape index (κ2) is 9.67. The Bertz CT molecular complexity index is 705. The van der Waals surface area contributed by atoms with Crippen molar-refractivity contribution in [1.82, 2.24) is 10.2 Å². The van der Waals surface area contributed by atoms with E-state index in [2.05, 4.69) is 60.5 Å². The summed E-state index contributed by atoms with van der Waals surface area (Å²) in [5, 5.41) is 3.02. The molecule has 1 aliphatic heterocycles. The quantitative estimate of drug-likeness (QED) is 0.815. The van der Waals surface area contributed by atoms with Crippen LogP contribution >= 0.6 is 0 Å². The van der Waals surface area contributed by atoms with Gasteiger partial charge in [-0.15, -0.1) is 0 Å². The standard InChI is InChI=1S/C23H30N2O2/c1-18-15-25(16-19(2)27-18)17-22-10-8-21(9-11-22)14-24-23(26)13-12-20-6-4-3-5-7-20/h3-11,18-19H,12-17H2,1-2H3,(H,24,26). The van der Waals surface area contributed by atoms with Crippen LogP contribution < -0.4 is 5.32 Å². The molecule has 1 heterocycles. The number of carbonyl (C=O) groups is 1. The third-order valence-electron chi connectivity index (χ3n) is 4.90. The zero-order valence-electron chi connectivity index (χ0n) is 16.4. The van der Waals surface area contributed by atoms with Crippen molar-refractivity contribution in [3.8, 4) is 0 Å². The lowest BCUT2D eigenvalue weighted by Gasteiger charge is -2.35. The minimum absolute atomic E-state index is 0.0965. The number of amides is 1. The average Bonchev–Trinajstić information content (AvgIpc) is 2.66. The fraction of sp³-hybridized carbons (Fsp3) is 0.435. The van der Waals surface area contributed by atoms with Crippen LogP contribution in [-0.4, -0.2) is 36.1 Å². The van der Waals surface area contributed by atoms with Gasteiger partial charge in [0, 0.05) is 32.6 Å². The lowest BCUT2D eigenvalue weighted by Crippen LogP contribution is -2.44. The molecule has 1 aliphatic rings. The monoisotopic (exact) mass is 366 g/mol. The highest BCUT2D eigenvalue weighted by molar-refractivity contribution is 5.76. The van der Waals surface area contributed by atoms with Crippen LogP contribution in [0.2, 0.25) is 0 Å². The summed E-state index contributed by atoms with van der Waals surface area (Å²) in [5.74, 6) is 0.0965. The van der Waals surface area contributed by atoms with E-state index in [1.54, 1.807) is 0 Å². The third kappa shape index (κ3) is 6.49. The zero-order chi connectivity index (χ0) is 19.1. The molecule has 2 unspecified atom stereocenters. The first kappa shape index (κ1) is 19.6. The Morgan fingerprint density at radius 2 is 1.59 bits per heavy atom. The number of rotatable bonds is 7. The summed E-state index contributed by atoms with van der Waals surface area (Å²) in [6.07, 6.45) is 1.88. The highest BCUT2D eigenvalue weighted by Gasteiger charge is 2.21. The summed E-state index contributed by atoms with van der Waals surface area (Å²) in [6.45, 7) is 7.74. The fourth-order valence-electron chi connectivity index (χ4n) is 3.63. The molecular formula is C23H30N2O2. The molecule has 0 saturated carbocycles. The van der Waals surface area contributed by atoms with E-state index in [0.717, 1.165) is 31.6 Å². The van der Waals surface area contributed by atoms with E-state index in [1.807, 2.05) is 18.2 Å². The number of carbonyl (C=O) groups excluding carboxylic acids is 1. The van der Waals surface area contributed by atoms with Gasteiger partial charge >= 0.3 is 0 Å². The molecular weight excluding hydrogens is 336 g/mol. The predicted octanol–water partition coefficient (Wildman–Crippen LogP) is 3.54. The van der Waals surface area contributed by atoms with E-state index in [4.69, 9.17) is 4.74 Å². The van der Waals surface area contributed by atoms with E-state index < -0.39 is 0 Å². The van der Waals surface area contributed by atoms with E-state index in [0.29, 0.717) is 25.2 Å². The van der Waals surface area contributed by atoms with Crippen molar-refractivity contribution < 1.29 is 9.53 Å². The van der Waals surface area contributed by atoms with Gasteiger partial charge in [-0.25, -0.2) is 0 Å². The smallest absolute Gasteiger partial charge is 0.220 e. The molecule has 2 aromatic rings. The van der Waals surface area contributed by atoms with Crippen LogP contribution in [0.1, 0.15) is 37.0 Å². The summed E-state index contributed by atoms with van der Waals surface area (Å²) in [5.41, 5.74) is 3.63. The molecule has 1 saturated heterocycles. The molecule has 0 spiro atoms. The zero-order valence-corrected chi connectivity index (χ0v) is 16.4. The minimum Gasteiger partial charge on any atom is -0.373 e. The summed E-state index contributed by atoms with van der Waals surface area (Å²) in [4.78, 5) is 14.5. The van der Waals surface area contributed by atoms with Gasteiger partial charge in [0.2, 0.25) is 5.91 Å². The van der Waals surface area contributed by atoms with Gasteiger partial charge in [-0.05, 0) is 37.0 Å². The molecule has 0 aliphatic carbocycles. The second-order valence-electron chi connectivity index (χ2n) is 7.53. The molecule has 1 amide bonds. The molecule has 1 N–H and O–H groups in total. The van der Waals surface area contributed by atoms with Crippen molar-refractivity contribution in [2.45, 2.75) is 52.0 Å². The second-order valence-corrected chi connectivity index (χ2v) is 7.53. The molecule has 144 valence electrons. The van der Waals surface area contributed by atoms with Gasteiger partial charge in [-0.1, -0.05) is 54.6 Å². The highest BCUT2D eigenvalue weighted by atomic mass is 16.5. The Balaban J connectivity index is 1.41. The average molecular weight is 367 g/mol. The van der Waals surface area contributed by atoms with E-state index >= 15 is 0 Å². The molecule has 4 nitrogen and oxygen atoms in total. The van der Waals surface area contributed by atoms with Crippen LogP contribution in [0.4, 0.5) is 0 Å². The van der Waals surface area contributed by atoms with E-state index in [9.17, 15) is 4.79 Å². The molecule has 27 heavy (non-hydrogen) atoms. The number of morpholine rings is 1. The Kier molecular flexibility index (Phi) is 7.02. The van der Waals surface area contributed by atoms with Crippen LogP contribution in [0.15, 0.2) is 54.6 Å². The van der Waals surface area contributed by atoms with Crippen LogP contribution in [-0.2, 0) is 29.0 Å². The van der Waals surface area contributed by atoms with Gasteiger partial charge in [-0.2, -0.15) is 0 Å². The van der Waals surface area contributed by atoms with Crippen molar-refractivity contribution >= 4 is 5.91 Å². The molecule has 0 radical (unpaired) electrons. The lowest BCUT2D eigenvalue weighted by atomic mass is 10.1. The van der Waals surface area contributed by atoms with Crippen molar-refractivity contribution in [3.63, 3.8) is 0 Å². The topological polar surface area (TPSA) is 41.6 Å². The molecule has 2 aromatic carbocycles. The maximum Gasteiger partial charge on any atom is 0.220 e. The van der Waals surface area contributed by atoms with Crippen LogP contribution in [0.3, 0.4) is 0 Å². The maximum atomic E-state index is 12.1. The Labute approximate surface area is 162 Å². The minimum atomic E-state index is 0.0965. The molecule has 3 rings (SSSR count). The van der Waals surface area contributed by atoms with Crippen LogP contribution in [0.5, 0.6) is 0 Å². The summed E-state index contributed by atoms with van der Waals surface area (Å²) in [7, 11) is 0. The number of ether oxygens (including phenoxy) is 1. The number of hydrogen-bond acceptors (Lipinski definition) is 3. The summed E-state index contributed by atoms with van der Waals surface area (Å²) >= 11 is 0. The number of nitrogens with zero attached hydrogens (tertiary/aromatic N) is 1. The van der Waals surface area contributed by atoms with Crippen molar-refractivity contribution in [1.29, 1.82) is 0 Å². The van der Waals surface area contributed by atoms with Gasteiger partial charge in [0.1, 0.15) is 0 Å². The van der Waals surface area contributed by atoms with Crippen LogP contribution in [0, 0.1) is 0 Å². The maximum absolute atomic E-state index is 12.1. The van der Waals surface area contributed by atoms with Crippen molar-refractivity contribution in [2.75, 3.05) is 13.1 Å². The van der Waals surface area contributed by atoms with Crippen LogP contribution in [0.25, 0.3) is 0 Å². The number of nitrogens with one attached hydrogen (secondary N) is 1. The van der Waals surface area contributed by atoms with Gasteiger partial charge in [0.15, 0.2) is 0 Å². The SMILES string of the molecule is CC1CN(Cc2ccc(CNC(=O)CCc3ccccc3)cc2)CC(C)O1. The normalized spacial score (nSPS) is 20.4. The van der Waals surface area contributed by atoms with Gasteiger partial charge in [-0.3, -0.25) is 9.69 Å². The summed E-state index contributed by atoms with van der Waals surface area (Å²) < 4.78 is 5.79. The van der Waals surface area contributed by atoms with Gasteiger partial charge in [0.25, 0.3) is 0 Å². The Morgan fingerprint density at radius 1 is 0.963 bits per heavy atom. The van der Waals surface area contributed by atoms with Gasteiger partial charge in [0.05, 0.1) is 12.2 Å². The first-order valence-electron chi connectivity index (χ1n) is 9.85. The Hall–Kier alpha value is -2.17.